The van der Waals surface area contributed by atoms with Crippen molar-refractivity contribution >= 4 is 0 Å². The first-order chi connectivity index (χ1) is 6.19. The van der Waals surface area contributed by atoms with Gasteiger partial charge in [-0.05, 0) is 6.42 Å². The highest BCUT2D eigenvalue weighted by Gasteiger charge is 2.55. The summed E-state index contributed by atoms with van der Waals surface area (Å²) in [6.07, 6.45) is -10.8. The average molecular weight is 221 g/mol. The van der Waals surface area contributed by atoms with Crippen LogP contribution in [0, 0.1) is 12.8 Å². The molecule has 6 heteroatoms. The smallest absolute Gasteiger partial charge is 0.170 e. The molecule has 0 aliphatic rings. The minimum atomic E-state index is -5.20. The summed E-state index contributed by atoms with van der Waals surface area (Å²) in [5, 5.41) is 0. The highest BCUT2D eigenvalue weighted by Crippen LogP contribution is 2.42. The highest BCUT2D eigenvalue weighted by atomic mass is 19.4. The summed E-state index contributed by atoms with van der Waals surface area (Å²) in [4.78, 5) is 0. The monoisotopic (exact) mass is 221 g/mol. The molecule has 0 aromatic heterocycles. The van der Waals surface area contributed by atoms with Crippen LogP contribution < -0.4 is 0 Å². The van der Waals surface area contributed by atoms with E-state index < -0.39 is 24.7 Å². The van der Waals surface area contributed by atoms with Gasteiger partial charge in [0.15, 0.2) is 5.92 Å². The van der Waals surface area contributed by atoms with Crippen LogP contribution in [0.2, 0.25) is 0 Å². The summed E-state index contributed by atoms with van der Waals surface area (Å²) >= 11 is 0. The molecule has 0 spiro atoms. The fourth-order valence-corrected chi connectivity index (χ4v) is 1.04. The zero-order valence-corrected chi connectivity index (χ0v) is 7.38. The van der Waals surface area contributed by atoms with Crippen molar-refractivity contribution in [1.29, 1.82) is 0 Å². The molecule has 0 atom stereocenters. The molecule has 0 aromatic carbocycles. The third-order valence-electron chi connectivity index (χ3n) is 1.78. The maximum Gasteiger partial charge on any atom is 0.400 e. The molecule has 0 saturated heterocycles. The van der Waals surface area contributed by atoms with E-state index in [1.165, 1.54) is 0 Å². The molecule has 0 rings (SSSR count). The molecule has 0 saturated carbocycles. The van der Waals surface area contributed by atoms with Crippen LogP contribution in [0.4, 0.5) is 26.3 Å². The Bertz CT molecular complexity index is 142. The van der Waals surface area contributed by atoms with E-state index in [1.807, 2.05) is 0 Å². The lowest BCUT2D eigenvalue weighted by atomic mass is 10.0. The largest absolute Gasteiger partial charge is 0.400 e. The van der Waals surface area contributed by atoms with Crippen LogP contribution in [-0.4, -0.2) is 12.4 Å². The van der Waals surface area contributed by atoms with Gasteiger partial charge in [-0.25, -0.2) is 0 Å². The van der Waals surface area contributed by atoms with Crippen LogP contribution in [-0.2, 0) is 0 Å². The van der Waals surface area contributed by atoms with Crippen LogP contribution in [0.15, 0.2) is 0 Å². The molecule has 0 bridgehead atoms. The molecule has 14 heavy (non-hydrogen) atoms. The number of hydrogen-bond acceptors (Lipinski definition) is 0. The van der Waals surface area contributed by atoms with Crippen molar-refractivity contribution in [2.75, 3.05) is 0 Å². The third kappa shape index (κ3) is 4.72. The van der Waals surface area contributed by atoms with Crippen molar-refractivity contribution in [3.8, 4) is 0 Å². The summed E-state index contributed by atoms with van der Waals surface area (Å²) in [6, 6.07) is 0. The van der Waals surface area contributed by atoms with Crippen LogP contribution in [0.5, 0.6) is 0 Å². The molecular weight excluding hydrogens is 210 g/mol. The molecule has 85 valence electrons. The maximum atomic E-state index is 11.9. The SMILES string of the molecule is [CH2]CCCCC(C(F)(F)F)C(F)(F)F. The van der Waals surface area contributed by atoms with Gasteiger partial charge in [-0.2, -0.15) is 26.3 Å². The van der Waals surface area contributed by atoms with Crippen molar-refractivity contribution in [3.63, 3.8) is 0 Å². The average Bonchev–Trinajstić information content (AvgIpc) is 1.92. The van der Waals surface area contributed by atoms with Crippen LogP contribution in [0.25, 0.3) is 0 Å². The van der Waals surface area contributed by atoms with Gasteiger partial charge in [0.1, 0.15) is 0 Å². The van der Waals surface area contributed by atoms with Crippen molar-refractivity contribution in [1.82, 2.24) is 0 Å². The minimum absolute atomic E-state index is 0.104. The van der Waals surface area contributed by atoms with Gasteiger partial charge in [-0.3, -0.25) is 0 Å². The van der Waals surface area contributed by atoms with Crippen molar-refractivity contribution in [3.05, 3.63) is 6.92 Å². The lowest BCUT2D eigenvalue weighted by Gasteiger charge is -2.22. The fourth-order valence-electron chi connectivity index (χ4n) is 1.04. The zero-order chi connectivity index (χ0) is 11.4. The second-order valence-corrected chi connectivity index (χ2v) is 2.99. The van der Waals surface area contributed by atoms with E-state index in [-0.39, 0.29) is 12.8 Å². The fraction of sp³-hybridized carbons (Fsp3) is 0.875. The molecule has 0 nitrogen and oxygen atoms in total. The topological polar surface area (TPSA) is 0 Å². The molecular formula is C8H11F6. The molecule has 0 unspecified atom stereocenters. The normalized spacial score (nSPS) is 13.7. The van der Waals surface area contributed by atoms with E-state index in [0.717, 1.165) is 0 Å². The second kappa shape index (κ2) is 4.89. The molecule has 0 fully saturated rings. The lowest BCUT2D eigenvalue weighted by Crippen LogP contribution is -2.36. The molecule has 0 aromatic rings. The summed E-state index contributed by atoms with van der Waals surface area (Å²) in [7, 11) is 0. The minimum Gasteiger partial charge on any atom is -0.170 e. The van der Waals surface area contributed by atoms with E-state index in [1.54, 1.807) is 0 Å². The van der Waals surface area contributed by atoms with Gasteiger partial charge in [0, 0.05) is 0 Å². The number of unbranched alkanes of at least 4 members (excludes halogenated alkanes) is 2. The Hall–Kier alpha value is -0.420. The van der Waals surface area contributed by atoms with Gasteiger partial charge in [-0.1, -0.05) is 26.2 Å². The van der Waals surface area contributed by atoms with E-state index in [2.05, 4.69) is 6.92 Å². The van der Waals surface area contributed by atoms with Gasteiger partial charge in [0.2, 0.25) is 0 Å². The quantitative estimate of drug-likeness (QED) is 0.494. The number of rotatable bonds is 4. The Labute approximate surface area is 78.3 Å². The standard InChI is InChI=1S/C8H11F6/c1-2-3-4-5-6(7(9,10)11)8(12,13)14/h6H,1-5H2. The van der Waals surface area contributed by atoms with E-state index >= 15 is 0 Å². The number of alkyl halides is 6. The van der Waals surface area contributed by atoms with E-state index in [0.29, 0.717) is 6.42 Å². The Morgan fingerprint density at radius 3 is 1.57 bits per heavy atom. The number of hydrogen-bond donors (Lipinski definition) is 0. The first kappa shape index (κ1) is 13.6. The second-order valence-electron chi connectivity index (χ2n) is 2.99. The van der Waals surface area contributed by atoms with Crippen LogP contribution in [0.3, 0.4) is 0 Å². The first-order valence-corrected chi connectivity index (χ1v) is 4.12. The van der Waals surface area contributed by atoms with Crippen LogP contribution >= 0.6 is 0 Å². The Morgan fingerprint density at radius 1 is 0.857 bits per heavy atom. The first-order valence-electron chi connectivity index (χ1n) is 4.12. The highest BCUT2D eigenvalue weighted by molar-refractivity contribution is 4.75. The number of halogens is 6. The van der Waals surface area contributed by atoms with Crippen LogP contribution in [0.1, 0.15) is 25.7 Å². The van der Waals surface area contributed by atoms with E-state index in [9.17, 15) is 26.3 Å². The zero-order valence-electron chi connectivity index (χ0n) is 7.38. The Balaban J connectivity index is 4.28. The molecule has 0 N–H and O–H groups in total. The third-order valence-corrected chi connectivity index (χ3v) is 1.78. The summed E-state index contributed by atoms with van der Waals surface area (Å²) in [6.45, 7) is 3.34. The Morgan fingerprint density at radius 2 is 1.29 bits per heavy atom. The molecule has 1 radical (unpaired) electrons. The molecule has 0 heterocycles. The van der Waals surface area contributed by atoms with Crippen molar-refractivity contribution < 1.29 is 26.3 Å². The van der Waals surface area contributed by atoms with Crippen molar-refractivity contribution in [2.45, 2.75) is 38.0 Å². The van der Waals surface area contributed by atoms with Gasteiger partial charge < -0.3 is 0 Å². The van der Waals surface area contributed by atoms with Gasteiger partial charge in [0.25, 0.3) is 0 Å². The van der Waals surface area contributed by atoms with Gasteiger partial charge >= 0.3 is 12.4 Å². The molecule has 0 amide bonds. The Kier molecular flexibility index (Phi) is 4.74. The molecule has 0 aliphatic carbocycles. The summed E-state index contributed by atoms with van der Waals surface area (Å²) < 4.78 is 71.4. The predicted octanol–water partition coefficient (Wildman–Crippen LogP) is 4.12. The summed E-state index contributed by atoms with van der Waals surface area (Å²) in [5.74, 6) is -3.19. The maximum absolute atomic E-state index is 11.9. The predicted molar refractivity (Wildman–Crippen MR) is 39.4 cm³/mol. The van der Waals surface area contributed by atoms with E-state index in [4.69, 9.17) is 0 Å². The van der Waals surface area contributed by atoms with Crippen molar-refractivity contribution in [2.24, 2.45) is 5.92 Å². The lowest BCUT2D eigenvalue weighted by molar-refractivity contribution is -0.285. The van der Waals surface area contributed by atoms with Gasteiger partial charge in [-0.15, -0.1) is 0 Å². The summed E-state index contributed by atoms with van der Waals surface area (Å²) in [5.41, 5.74) is 0. The van der Waals surface area contributed by atoms with Gasteiger partial charge in [0.05, 0.1) is 0 Å². The molecule has 0 aliphatic heterocycles.